The van der Waals surface area contributed by atoms with Crippen molar-refractivity contribution in [1.29, 1.82) is 0 Å². The quantitative estimate of drug-likeness (QED) is 0.521. The van der Waals surface area contributed by atoms with Crippen LogP contribution >= 0.6 is 11.8 Å². The highest BCUT2D eigenvalue weighted by Crippen LogP contribution is 2.50. The average Bonchev–Trinajstić information content (AvgIpc) is 2.16. The molecule has 0 amide bonds. The highest BCUT2D eigenvalue weighted by atomic mass is 32.2. The summed E-state index contributed by atoms with van der Waals surface area (Å²) in [6.07, 6.45) is -3.03. The number of halogens is 7. The van der Waals surface area contributed by atoms with Gasteiger partial charge in [0.05, 0.1) is 0 Å². The third-order valence-corrected chi connectivity index (χ3v) is 2.38. The first-order chi connectivity index (χ1) is 7.52. The molecule has 8 heteroatoms. The van der Waals surface area contributed by atoms with Gasteiger partial charge in [-0.05, 0) is 6.42 Å². The van der Waals surface area contributed by atoms with Crippen molar-refractivity contribution >= 4 is 11.8 Å². The van der Waals surface area contributed by atoms with Crippen molar-refractivity contribution in [3.8, 4) is 0 Å². The molecule has 0 saturated carbocycles. The Balaban J connectivity index is 5.36. The Labute approximate surface area is 98.3 Å². The second-order valence-corrected chi connectivity index (χ2v) is 3.84. The molecule has 0 aliphatic rings. The Morgan fingerprint density at radius 2 is 1.59 bits per heavy atom. The molecule has 0 N–H and O–H groups in total. The maximum atomic E-state index is 13.1. The Morgan fingerprint density at radius 1 is 1.12 bits per heavy atom. The first-order valence-corrected chi connectivity index (χ1v) is 5.56. The Bertz CT molecular complexity index is 280. The molecule has 101 valence electrons. The van der Waals surface area contributed by atoms with Crippen LogP contribution in [0.1, 0.15) is 13.3 Å². The Hall–Kier alpha value is -0.400. The van der Waals surface area contributed by atoms with E-state index in [1.165, 1.54) is 0 Å². The highest BCUT2D eigenvalue weighted by Gasteiger charge is 2.73. The van der Waals surface area contributed by atoms with Crippen LogP contribution in [0.2, 0.25) is 0 Å². The molecule has 0 aromatic carbocycles. The van der Waals surface area contributed by atoms with E-state index in [1.54, 1.807) is 0 Å². The first-order valence-electron chi connectivity index (χ1n) is 4.41. The summed E-state index contributed by atoms with van der Waals surface area (Å²) in [6.45, 7) is 1.08. The predicted octanol–water partition coefficient (Wildman–Crippen LogP) is 4.68. The zero-order valence-electron chi connectivity index (χ0n) is 8.75. The van der Waals surface area contributed by atoms with Gasteiger partial charge in [-0.15, -0.1) is 0 Å². The van der Waals surface area contributed by atoms with Crippen molar-refractivity contribution in [2.75, 3.05) is 5.75 Å². The highest BCUT2D eigenvalue weighted by molar-refractivity contribution is 8.00. The third-order valence-electron chi connectivity index (χ3n) is 1.98. The van der Waals surface area contributed by atoms with Crippen LogP contribution in [0.15, 0.2) is 11.6 Å². The van der Waals surface area contributed by atoms with E-state index < -0.39 is 30.0 Å². The van der Waals surface area contributed by atoms with Gasteiger partial charge < -0.3 is 0 Å². The SMILES string of the molecule is [CH2]SC/C=C(\CC)C(F)(F)C(F)(F)C(F)(F)F. The van der Waals surface area contributed by atoms with E-state index >= 15 is 0 Å². The summed E-state index contributed by atoms with van der Waals surface area (Å²) in [6, 6.07) is 0. The van der Waals surface area contributed by atoms with Gasteiger partial charge >= 0.3 is 18.0 Å². The lowest BCUT2D eigenvalue weighted by Crippen LogP contribution is -2.52. The lowest BCUT2D eigenvalue weighted by Gasteiger charge is -2.29. The van der Waals surface area contributed by atoms with Crippen molar-refractivity contribution in [3.05, 3.63) is 17.9 Å². The molecule has 0 aliphatic carbocycles. The fourth-order valence-electron chi connectivity index (χ4n) is 1.03. The van der Waals surface area contributed by atoms with Gasteiger partial charge in [0.25, 0.3) is 0 Å². The van der Waals surface area contributed by atoms with Crippen molar-refractivity contribution in [2.45, 2.75) is 31.4 Å². The second kappa shape index (κ2) is 5.49. The monoisotopic (exact) mass is 283 g/mol. The van der Waals surface area contributed by atoms with Gasteiger partial charge in [0, 0.05) is 17.6 Å². The molecule has 0 unspecified atom stereocenters. The number of alkyl halides is 7. The number of hydrogen-bond donors (Lipinski definition) is 0. The van der Waals surface area contributed by atoms with Crippen molar-refractivity contribution in [2.24, 2.45) is 0 Å². The van der Waals surface area contributed by atoms with Crippen molar-refractivity contribution in [1.82, 2.24) is 0 Å². The maximum Gasteiger partial charge on any atom is 0.460 e. The molecule has 0 aromatic heterocycles. The van der Waals surface area contributed by atoms with Crippen LogP contribution in [0.3, 0.4) is 0 Å². The van der Waals surface area contributed by atoms with Gasteiger partial charge in [0.15, 0.2) is 0 Å². The first kappa shape index (κ1) is 16.6. The molecule has 0 saturated heterocycles. The van der Waals surface area contributed by atoms with Crippen LogP contribution < -0.4 is 0 Å². The zero-order chi connectivity index (χ0) is 13.9. The largest absolute Gasteiger partial charge is 0.460 e. The van der Waals surface area contributed by atoms with Gasteiger partial charge in [0.2, 0.25) is 0 Å². The van der Waals surface area contributed by atoms with Crippen LogP contribution in [0.5, 0.6) is 0 Å². The number of rotatable bonds is 5. The third kappa shape index (κ3) is 3.29. The van der Waals surface area contributed by atoms with Gasteiger partial charge in [0.1, 0.15) is 0 Å². The molecule has 0 aliphatic heterocycles. The molecule has 0 heterocycles. The molecule has 0 atom stereocenters. The summed E-state index contributed by atoms with van der Waals surface area (Å²) in [5.41, 5.74) is -1.24. The molecular formula is C9H10F7S. The van der Waals surface area contributed by atoms with Crippen LogP contribution in [0, 0.1) is 6.26 Å². The summed E-state index contributed by atoms with van der Waals surface area (Å²) in [7, 11) is 0. The lowest BCUT2D eigenvalue weighted by molar-refractivity contribution is -0.344. The normalized spacial score (nSPS) is 15.2. The fourth-order valence-corrected chi connectivity index (χ4v) is 1.35. The van der Waals surface area contributed by atoms with E-state index in [9.17, 15) is 30.7 Å². The van der Waals surface area contributed by atoms with Gasteiger partial charge in [-0.2, -0.15) is 42.5 Å². The lowest BCUT2D eigenvalue weighted by atomic mass is 9.99. The van der Waals surface area contributed by atoms with Gasteiger partial charge in [-0.1, -0.05) is 13.0 Å². The summed E-state index contributed by atoms with van der Waals surface area (Å²) in [4.78, 5) is 0. The summed E-state index contributed by atoms with van der Waals surface area (Å²) >= 11 is 0.794. The topological polar surface area (TPSA) is 0 Å². The van der Waals surface area contributed by atoms with E-state index in [1.807, 2.05) is 0 Å². The summed E-state index contributed by atoms with van der Waals surface area (Å²) in [5, 5.41) is 0. The Morgan fingerprint density at radius 3 is 1.88 bits per heavy atom. The van der Waals surface area contributed by atoms with E-state index in [-0.39, 0.29) is 5.75 Å². The molecular weight excluding hydrogens is 273 g/mol. The van der Waals surface area contributed by atoms with E-state index in [2.05, 4.69) is 6.26 Å². The minimum atomic E-state index is -6.29. The van der Waals surface area contributed by atoms with Crippen molar-refractivity contribution in [3.63, 3.8) is 0 Å². The van der Waals surface area contributed by atoms with E-state index in [0.717, 1.165) is 18.7 Å². The smallest absolute Gasteiger partial charge is 0.194 e. The van der Waals surface area contributed by atoms with E-state index in [4.69, 9.17) is 0 Å². The maximum absolute atomic E-state index is 13.1. The van der Waals surface area contributed by atoms with E-state index in [0.29, 0.717) is 6.08 Å². The van der Waals surface area contributed by atoms with Gasteiger partial charge in [-0.25, -0.2) is 0 Å². The number of hydrogen-bond acceptors (Lipinski definition) is 1. The minimum absolute atomic E-state index is 0.160. The number of thioether (sulfide) groups is 1. The summed E-state index contributed by atoms with van der Waals surface area (Å²) < 4.78 is 87.1. The summed E-state index contributed by atoms with van der Waals surface area (Å²) in [5.74, 6) is -11.5. The fraction of sp³-hybridized carbons (Fsp3) is 0.667. The molecule has 0 spiro atoms. The standard InChI is InChI=1S/C9H10F7S/c1-3-6(4-5-17-2)7(10,11)8(12,13)9(14,15)16/h4H,2-3,5H2,1H3/b6-4+. The van der Waals surface area contributed by atoms with Gasteiger partial charge in [-0.3, -0.25) is 0 Å². The number of allylic oxidation sites excluding steroid dienone is 1. The molecule has 0 rings (SSSR count). The average molecular weight is 283 g/mol. The molecule has 17 heavy (non-hydrogen) atoms. The van der Waals surface area contributed by atoms with Crippen LogP contribution in [0.25, 0.3) is 0 Å². The van der Waals surface area contributed by atoms with Crippen LogP contribution in [0.4, 0.5) is 30.7 Å². The zero-order valence-corrected chi connectivity index (χ0v) is 9.57. The molecule has 0 aromatic rings. The molecule has 0 fully saturated rings. The van der Waals surface area contributed by atoms with Crippen LogP contribution in [-0.2, 0) is 0 Å². The molecule has 1 radical (unpaired) electrons. The van der Waals surface area contributed by atoms with Crippen LogP contribution in [-0.4, -0.2) is 23.8 Å². The Kier molecular flexibility index (Phi) is 5.37. The minimum Gasteiger partial charge on any atom is -0.194 e. The predicted molar refractivity (Wildman–Crippen MR) is 52.1 cm³/mol. The van der Waals surface area contributed by atoms with Crippen molar-refractivity contribution < 1.29 is 30.7 Å². The molecule has 0 bridgehead atoms. The second-order valence-electron chi connectivity index (χ2n) is 3.10. The molecule has 0 nitrogen and oxygen atoms in total.